The molecular formula is C17H22N2OS. The monoisotopic (exact) mass is 302 g/mol. The molecule has 2 rings (SSSR count). The maximum atomic E-state index is 13.4. The predicted molar refractivity (Wildman–Crippen MR) is 90.4 cm³/mol. The molecule has 0 amide bonds. The molecular weight excluding hydrogens is 280 g/mol. The lowest BCUT2D eigenvalue weighted by atomic mass is 10.1. The van der Waals surface area contributed by atoms with Crippen molar-refractivity contribution in [3.05, 3.63) is 53.6 Å². The molecule has 0 heterocycles. The highest BCUT2D eigenvalue weighted by atomic mass is 32.2. The summed E-state index contributed by atoms with van der Waals surface area (Å²) < 4.78 is 18.0. The van der Waals surface area contributed by atoms with E-state index in [4.69, 9.17) is 5.73 Å². The van der Waals surface area contributed by atoms with E-state index in [1.165, 1.54) is 0 Å². The average Bonchev–Trinajstić information content (AvgIpc) is 2.45. The second kappa shape index (κ2) is 5.90. The van der Waals surface area contributed by atoms with Gasteiger partial charge >= 0.3 is 0 Å². The molecule has 1 atom stereocenters. The third-order valence-corrected chi connectivity index (χ3v) is 6.23. The summed E-state index contributed by atoms with van der Waals surface area (Å²) in [5, 5.41) is -0.0721. The maximum Gasteiger partial charge on any atom is 0.0824 e. The quantitative estimate of drug-likeness (QED) is 0.851. The van der Waals surface area contributed by atoms with Crippen molar-refractivity contribution in [1.29, 1.82) is 0 Å². The Morgan fingerprint density at radius 3 is 2.24 bits per heavy atom. The normalized spacial score (nSPS) is 14.0. The van der Waals surface area contributed by atoms with Gasteiger partial charge in [0.1, 0.15) is 0 Å². The van der Waals surface area contributed by atoms with Gasteiger partial charge in [0, 0.05) is 15.8 Å². The summed E-state index contributed by atoms with van der Waals surface area (Å²) in [6.45, 7) is 7.77. The summed E-state index contributed by atoms with van der Waals surface area (Å²) in [5.41, 5.74) is 9.31. The van der Waals surface area contributed by atoms with Gasteiger partial charge in [-0.3, -0.25) is 0 Å². The van der Waals surface area contributed by atoms with Crippen LogP contribution < -0.4 is 5.73 Å². The Hall–Kier alpha value is -1.81. The predicted octanol–water partition coefficient (Wildman–Crippen LogP) is 4.45. The van der Waals surface area contributed by atoms with Crippen LogP contribution in [0.25, 0.3) is 0 Å². The van der Waals surface area contributed by atoms with Crippen molar-refractivity contribution in [1.82, 2.24) is 0 Å². The van der Waals surface area contributed by atoms with Crippen LogP contribution in [0.3, 0.4) is 0 Å². The minimum Gasteiger partial charge on any atom is -0.399 e. The Morgan fingerprint density at radius 2 is 1.67 bits per heavy atom. The van der Waals surface area contributed by atoms with E-state index in [9.17, 15) is 4.21 Å². The molecule has 0 radical (unpaired) electrons. The van der Waals surface area contributed by atoms with E-state index >= 15 is 0 Å². The second-order valence-corrected chi connectivity index (χ2v) is 8.25. The number of rotatable bonds is 3. The smallest absolute Gasteiger partial charge is 0.0824 e. The van der Waals surface area contributed by atoms with Gasteiger partial charge in [0.05, 0.1) is 15.4 Å². The van der Waals surface area contributed by atoms with Crippen LogP contribution in [0.4, 0.5) is 11.4 Å². The third-order valence-electron chi connectivity index (χ3n) is 3.54. The number of anilines is 1. The molecule has 21 heavy (non-hydrogen) atoms. The Bertz CT molecular complexity index is 758. The maximum absolute atomic E-state index is 13.4. The first-order valence-corrected chi connectivity index (χ1v) is 8.60. The second-order valence-electron chi connectivity index (χ2n) is 5.52. The molecule has 0 saturated carbocycles. The molecule has 0 spiro atoms. The Morgan fingerprint density at radius 1 is 1.05 bits per heavy atom. The van der Waals surface area contributed by atoms with Crippen molar-refractivity contribution in [2.75, 3.05) is 5.73 Å². The molecule has 3 nitrogen and oxygen atoms in total. The van der Waals surface area contributed by atoms with Crippen LogP contribution in [0, 0.1) is 13.8 Å². The van der Waals surface area contributed by atoms with Crippen molar-refractivity contribution >= 4 is 21.1 Å². The zero-order valence-electron chi connectivity index (χ0n) is 13.0. The van der Waals surface area contributed by atoms with E-state index in [2.05, 4.69) is 4.36 Å². The highest BCUT2D eigenvalue weighted by Gasteiger charge is 2.18. The molecule has 0 bridgehead atoms. The highest BCUT2D eigenvalue weighted by Crippen LogP contribution is 2.29. The third kappa shape index (κ3) is 3.10. The number of nitrogen functional groups attached to an aromatic ring is 1. The van der Waals surface area contributed by atoms with Gasteiger partial charge in [-0.05, 0) is 63.1 Å². The fraction of sp³-hybridized carbons (Fsp3) is 0.294. The molecule has 2 aromatic carbocycles. The van der Waals surface area contributed by atoms with Crippen LogP contribution in [-0.2, 0) is 9.73 Å². The summed E-state index contributed by atoms with van der Waals surface area (Å²) in [6.07, 6.45) is 0. The van der Waals surface area contributed by atoms with E-state index < -0.39 is 9.73 Å². The first-order chi connectivity index (χ1) is 9.84. The highest BCUT2D eigenvalue weighted by molar-refractivity contribution is 7.94. The van der Waals surface area contributed by atoms with Gasteiger partial charge in [-0.15, -0.1) is 0 Å². The lowest BCUT2D eigenvalue weighted by Gasteiger charge is -2.15. The Balaban J connectivity index is 2.70. The molecule has 0 saturated heterocycles. The van der Waals surface area contributed by atoms with Gasteiger partial charge in [0.15, 0.2) is 0 Å². The molecule has 2 N–H and O–H groups in total. The van der Waals surface area contributed by atoms with Crippen LogP contribution >= 0.6 is 0 Å². The van der Waals surface area contributed by atoms with Gasteiger partial charge in [0.25, 0.3) is 0 Å². The SMILES string of the molecule is Cc1cc(N=S(=O)(c2ccccc2)C(C)C)c(C)cc1N. The largest absolute Gasteiger partial charge is 0.399 e. The Labute approximate surface area is 127 Å². The standard InChI is InChI=1S/C17H22N2OS/c1-12(2)21(20,15-8-6-5-7-9-15)19-17-11-13(3)16(18)10-14(17)4/h5-12H,18H2,1-4H3. The first-order valence-electron chi connectivity index (χ1n) is 7.02. The summed E-state index contributed by atoms with van der Waals surface area (Å²) in [4.78, 5) is 0.772. The molecule has 0 fully saturated rings. The molecule has 1 unspecified atom stereocenters. The number of aryl methyl sites for hydroxylation is 2. The fourth-order valence-electron chi connectivity index (χ4n) is 2.11. The molecule has 0 aromatic heterocycles. The van der Waals surface area contributed by atoms with Crippen LogP contribution in [-0.4, -0.2) is 9.46 Å². The number of hydrogen-bond donors (Lipinski definition) is 1. The van der Waals surface area contributed by atoms with E-state index in [-0.39, 0.29) is 5.25 Å². The van der Waals surface area contributed by atoms with Crippen LogP contribution in [0.1, 0.15) is 25.0 Å². The average molecular weight is 302 g/mol. The minimum atomic E-state index is -2.51. The van der Waals surface area contributed by atoms with Crippen LogP contribution in [0.2, 0.25) is 0 Å². The summed E-state index contributed by atoms with van der Waals surface area (Å²) in [7, 11) is -2.51. The zero-order chi connectivity index (χ0) is 15.6. The topological polar surface area (TPSA) is 55.5 Å². The van der Waals surface area contributed by atoms with E-state index in [0.29, 0.717) is 0 Å². The lowest BCUT2D eigenvalue weighted by molar-refractivity contribution is 0.669. The van der Waals surface area contributed by atoms with Crippen molar-refractivity contribution < 1.29 is 4.21 Å². The fourth-order valence-corrected chi connectivity index (χ4v) is 4.01. The number of nitrogens with two attached hydrogens (primary N) is 1. The van der Waals surface area contributed by atoms with Crippen LogP contribution in [0.5, 0.6) is 0 Å². The van der Waals surface area contributed by atoms with Crippen molar-refractivity contribution in [3.63, 3.8) is 0 Å². The van der Waals surface area contributed by atoms with Crippen LogP contribution in [0.15, 0.2) is 51.7 Å². The zero-order valence-corrected chi connectivity index (χ0v) is 13.8. The van der Waals surface area contributed by atoms with Gasteiger partial charge in [-0.25, -0.2) is 4.21 Å². The van der Waals surface area contributed by atoms with Gasteiger partial charge in [-0.2, -0.15) is 4.36 Å². The number of nitrogens with zero attached hydrogens (tertiary/aromatic N) is 1. The summed E-state index contributed by atoms with van der Waals surface area (Å²) in [6, 6.07) is 13.3. The van der Waals surface area contributed by atoms with E-state index in [1.54, 1.807) is 0 Å². The Kier molecular flexibility index (Phi) is 4.37. The summed E-state index contributed by atoms with van der Waals surface area (Å²) >= 11 is 0. The van der Waals surface area contributed by atoms with E-state index in [1.807, 2.05) is 70.2 Å². The number of benzene rings is 2. The summed E-state index contributed by atoms with van der Waals surface area (Å²) in [5.74, 6) is 0. The molecule has 0 aliphatic rings. The van der Waals surface area contributed by atoms with Crippen molar-refractivity contribution in [2.24, 2.45) is 4.36 Å². The first kappa shape index (κ1) is 15.6. The number of hydrogen-bond acceptors (Lipinski definition) is 3. The van der Waals surface area contributed by atoms with Gasteiger partial charge in [-0.1, -0.05) is 18.2 Å². The van der Waals surface area contributed by atoms with Gasteiger partial charge in [0.2, 0.25) is 0 Å². The van der Waals surface area contributed by atoms with Crippen molar-refractivity contribution in [2.45, 2.75) is 37.8 Å². The molecule has 2 aromatic rings. The van der Waals surface area contributed by atoms with Gasteiger partial charge < -0.3 is 5.73 Å². The molecule has 0 aliphatic heterocycles. The van der Waals surface area contributed by atoms with E-state index in [0.717, 1.165) is 27.4 Å². The molecule has 4 heteroatoms. The minimum absolute atomic E-state index is 0.0721. The molecule has 112 valence electrons. The van der Waals surface area contributed by atoms with Crippen molar-refractivity contribution in [3.8, 4) is 0 Å². The lowest BCUT2D eigenvalue weighted by Crippen LogP contribution is -2.13. The molecule has 0 aliphatic carbocycles.